The summed E-state index contributed by atoms with van der Waals surface area (Å²) in [5.74, 6) is -0.864. The lowest BCUT2D eigenvalue weighted by Gasteiger charge is -1.91. The van der Waals surface area contributed by atoms with E-state index < -0.39 is 5.97 Å². The molecule has 0 fully saturated rings. The van der Waals surface area contributed by atoms with Gasteiger partial charge in [-0.25, -0.2) is 0 Å². The number of carboxylic acid groups (broad SMARTS) is 1. The minimum atomic E-state index is -0.864. The molecule has 1 aromatic rings. The van der Waals surface area contributed by atoms with E-state index in [9.17, 15) is 4.79 Å². The van der Waals surface area contributed by atoms with Crippen LogP contribution in [0.1, 0.15) is 12.6 Å². The van der Waals surface area contributed by atoms with Gasteiger partial charge in [-0.1, -0.05) is 0 Å². The van der Waals surface area contributed by atoms with E-state index in [-0.39, 0.29) is 6.42 Å². The molecular formula is C7H9BrN2O2. The highest BCUT2D eigenvalue weighted by molar-refractivity contribution is 9.10. The predicted octanol–water partition coefficient (Wildman–Crippen LogP) is 1.29. The van der Waals surface area contributed by atoms with Crippen molar-refractivity contribution in [3.63, 3.8) is 0 Å². The molecule has 1 heterocycles. The molecule has 0 aromatic carbocycles. The number of carboxylic acids is 1. The average molecular weight is 233 g/mol. The fraction of sp³-hybridized carbons (Fsp3) is 0.429. The number of nitrogens with zero attached hydrogens (tertiary/aromatic N) is 2. The van der Waals surface area contributed by atoms with Crippen LogP contribution in [0.25, 0.3) is 0 Å². The molecule has 0 saturated heterocycles. The van der Waals surface area contributed by atoms with Crippen LogP contribution in [0.4, 0.5) is 0 Å². The van der Waals surface area contributed by atoms with Crippen LogP contribution in [0.5, 0.6) is 0 Å². The fourth-order valence-electron chi connectivity index (χ4n) is 0.862. The molecule has 4 nitrogen and oxygen atoms in total. The van der Waals surface area contributed by atoms with Gasteiger partial charge in [-0.2, -0.15) is 5.10 Å². The predicted molar refractivity (Wildman–Crippen MR) is 46.9 cm³/mol. The Bertz CT molecular complexity index is 296. The molecule has 0 aliphatic heterocycles. The van der Waals surface area contributed by atoms with E-state index in [0.29, 0.717) is 5.69 Å². The van der Waals surface area contributed by atoms with Crippen LogP contribution in [-0.2, 0) is 17.8 Å². The summed E-state index contributed by atoms with van der Waals surface area (Å²) in [5.41, 5.74) is 0.573. The molecule has 66 valence electrons. The summed E-state index contributed by atoms with van der Waals surface area (Å²) in [5, 5.41) is 12.6. The van der Waals surface area contributed by atoms with Crippen LogP contribution in [-0.4, -0.2) is 20.9 Å². The van der Waals surface area contributed by atoms with Crippen LogP contribution in [0.2, 0.25) is 0 Å². The maximum absolute atomic E-state index is 10.3. The summed E-state index contributed by atoms with van der Waals surface area (Å²) in [4.78, 5) is 10.3. The van der Waals surface area contributed by atoms with Crippen molar-refractivity contribution in [1.82, 2.24) is 9.78 Å². The molecule has 5 heteroatoms. The van der Waals surface area contributed by atoms with Crippen LogP contribution in [0, 0.1) is 0 Å². The molecule has 0 unspecified atom stereocenters. The molecule has 0 aliphatic rings. The first kappa shape index (κ1) is 9.25. The van der Waals surface area contributed by atoms with Gasteiger partial charge in [0.2, 0.25) is 0 Å². The number of carbonyl (C=O) groups is 1. The standard InChI is InChI=1S/C7H9BrN2O2/c1-2-10-4-5(8)6(9-10)3-7(11)12/h4H,2-3H2,1H3,(H,11,12). The van der Waals surface area contributed by atoms with Gasteiger partial charge in [0.1, 0.15) is 0 Å². The third kappa shape index (κ3) is 2.07. The van der Waals surface area contributed by atoms with Gasteiger partial charge in [0.25, 0.3) is 0 Å². The SMILES string of the molecule is CCn1cc(Br)c(CC(=O)O)n1. The summed E-state index contributed by atoms with van der Waals surface area (Å²) >= 11 is 3.24. The first-order valence-electron chi connectivity index (χ1n) is 3.57. The van der Waals surface area contributed by atoms with Crippen molar-refractivity contribution in [2.45, 2.75) is 19.9 Å². The topological polar surface area (TPSA) is 55.1 Å². The summed E-state index contributed by atoms with van der Waals surface area (Å²) in [6, 6.07) is 0. The molecule has 0 aliphatic carbocycles. The number of aryl methyl sites for hydroxylation is 1. The zero-order chi connectivity index (χ0) is 9.14. The van der Waals surface area contributed by atoms with Gasteiger partial charge in [0, 0.05) is 12.7 Å². The van der Waals surface area contributed by atoms with Gasteiger partial charge < -0.3 is 5.11 Å². The first-order chi connectivity index (χ1) is 5.63. The van der Waals surface area contributed by atoms with Crippen LogP contribution in [0.15, 0.2) is 10.7 Å². The van der Waals surface area contributed by atoms with Crippen molar-refractivity contribution < 1.29 is 9.90 Å². The first-order valence-corrected chi connectivity index (χ1v) is 4.36. The van der Waals surface area contributed by atoms with E-state index in [1.54, 1.807) is 10.9 Å². The minimum absolute atomic E-state index is 0.0341. The largest absolute Gasteiger partial charge is 0.481 e. The maximum Gasteiger partial charge on any atom is 0.309 e. The van der Waals surface area contributed by atoms with E-state index in [1.807, 2.05) is 6.92 Å². The number of hydrogen-bond acceptors (Lipinski definition) is 2. The summed E-state index contributed by atoms with van der Waals surface area (Å²) < 4.78 is 2.45. The number of halogens is 1. The Morgan fingerprint density at radius 2 is 2.50 bits per heavy atom. The van der Waals surface area contributed by atoms with Gasteiger partial charge in [0.15, 0.2) is 0 Å². The van der Waals surface area contributed by atoms with E-state index in [2.05, 4.69) is 21.0 Å². The third-order valence-corrected chi connectivity index (χ3v) is 2.09. The van der Waals surface area contributed by atoms with Crippen molar-refractivity contribution in [2.24, 2.45) is 0 Å². The van der Waals surface area contributed by atoms with Crippen molar-refractivity contribution in [3.05, 3.63) is 16.4 Å². The van der Waals surface area contributed by atoms with Gasteiger partial charge in [-0.15, -0.1) is 0 Å². The molecular weight excluding hydrogens is 224 g/mol. The highest BCUT2D eigenvalue weighted by Gasteiger charge is 2.08. The Hall–Kier alpha value is -0.840. The van der Waals surface area contributed by atoms with E-state index in [4.69, 9.17) is 5.11 Å². The lowest BCUT2D eigenvalue weighted by atomic mass is 10.3. The van der Waals surface area contributed by atoms with Gasteiger partial charge >= 0.3 is 5.97 Å². The number of aliphatic carboxylic acids is 1. The van der Waals surface area contributed by atoms with E-state index in [0.717, 1.165) is 11.0 Å². The molecule has 0 radical (unpaired) electrons. The fourth-order valence-corrected chi connectivity index (χ4v) is 1.32. The second-order valence-corrected chi connectivity index (χ2v) is 3.20. The Morgan fingerprint density at radius 1 is 1.83 bits per heavy atom. The van der Waals surface area contributed by atoms with Crippen molar-refractivity contribution in [3.8, 4) is 0 Å². The quantitative estimate of drug-likeness (QED) is 0.855. The third-order valence-electron chi connectivity index (χ3n) is 1.43. The molecule has 1 N–H and O–H groups in total. The molecule has 0 amide bonds. The second kappa shape index (κ2) is 3.71. The van der Waals surface area contributed by atoms with E-state index in [1.165, 1.54) is 0 Å². The van der Waals surface area contributed by atoms with Gasteiger partial charge in [0.05, 0.1) is 16.6 Å². The molecule has 0 atom stereocenters. The average Bonchev–Trinajstić information content (AvgIpc) is 2.31. The highest BCUT2D eigenvalue weighted by atomic mass is 79.9. The van der Waals surface area contributed by atoms with Crippen LogP contribution < -0.4 is 0 Å². The lowest BCUT2D eigenvalue weighted by Crippen LogP contribution is -2.02. The van der Waals surface area contributed by atoms with Gasteiger partial charge in [-0.3, -0.25) is 9.48 Å². The number of hydrogen-bond donors (Lipinski definition) is 1. The zero-order valence-electron chi connectivity index (χ0n) is 6.62. The lowest BCUT2D eigenvalue weighted by molar-refractivity contribution is -0.136. The number of aromatic nitrogens is 2. The Labute approximate surface area is 78.3 Å². The van der Waals surface area contributed by atoms with Crippen molar-refractivity contribution in [1.29, 1.82) is 0 Å². The molecule has 1 aromatic heterocycles. The smallest absolute Gasteiger partial charge is 0.309 e. The van der Waals surface area contributed by atoms with E-state index >= 15 is 0 Å². The highest BCUT2D eigenvalue weighted by Crippen LogP contribution is 2.15. The van der Waals surface area contributed by atoms with Crippen LogP contribution >= 0.6 is 15.9 Å². The summed E-state index contributed by atoms with van der Waals surface area (Å²) in [6.07, 6.45) is 1.74. The second-order valence-electron chi connectivity index (χ2n) is 2.35. The number of rotatable bonds is 3. The monoisotopic (exact) mass is 232 g/mol. The van der Waals surface area contributed by atoms with Crippen molar-refractivity contribution in [2.75, 3.05) is 0 Å². The maximum atomic E-state index is 10.3. The normalized spacial score (nSPS) is 10.2. The Balaban J connectivity index is 2.84. The molecule has 12 heavy (non-hydrogen) atoms. The molecule has 0 spiro atoms. The van der Waals surface area contributed by atoms with Gasteiger partial charge in [-0.05, 0) is 22.9 Å². The van der Waals surface area contributed by atoms with Crippen molar-refractivity contribution >= 4 is 21.9 Å². The Morgan fingerprint density at radius 3 is 2.92 bits per heavy atom. The minimum Gasteiger partial charge on any atom is -0.481 e. The molecule has 0 saturated carbocycles. The summed E-state index contributed by atoms with van der Waals surface area (Å²) in [7, 11) is 0. The summed E-state index contributed by atoms with van der Waals surface area (Å²) in [6.45, 7) is 2.70. The zero-order valence-corrected chi connectivity index (χ0v) is 8.21. The van der Waals surface area contributed by atoms with Crippen LogP contribution in [0.3, 0.4) is 0 Å². The molecule has 1 rings (SSSR count). The molecule has 0 bridgehead atoms. The Kier molecular flexibility index (Phi) is 2.86.